The molecule has 0 saturated carbocycles. The number of benzene rings is 1. The normalized spacial score (nSPS) is 16.0. The maximum atomic E-state index is 12.1. The molecule has 1 heterocycles. The van der Waals surface area contributed by atoms with Crippen LogP contribution in [0.4, 0.5) is 0 Å². The van der Waals surface area contributed by atoms with Gasteiger partial charge in [-0.05, 0) is 19.3 Å². The number of nitrogens with one attached hydrogen (secondary N) is 1. The zero-order valence-electron chi connectivity index (χ0n) is 14.2. The fraction of sp³-hybridized carbons (Fsp3) is 0.368. The van der Waals surface area contributed by atoms with E-state index in [1.807, 2.05) is 36.5 Å². The van der Waals surface area contributed by atoms with Gasteiger partial charge in [-0.15, -0.1) is 0 Å². The van der Waals surface area contributed by atoms with Crippen LogP contribution in [0.5, 0.6) is 0 Å². The maximum Gasteiger partial charge on any atom is 0.306 e. The molecule has 0 spiro atoms. The van der Waals surface area contributed by atoms with Gasteiger partial charge in [0.15, 0.2) is 5.82 Å². The number of rotatable bonds is 5. The van der Waals surface area contributed by atoms with Gasteiger partial charge in [-0.25, -0.2) is 9.97 Å². The molecule has 1 N–H and O–H groups in total. The number of methoxy groups -OCH3 is 1. The number of aryl methyl sites for hydroxylation is 1. The average Bonchev–Trinajstić information content (AvgIpc) is 2.66. The molecule has 0 fully saturated rings. The first-order chi connectivity index (χ1) is 12.2. The van der Waals surface area contributed by atoms with Crippen LogP contribution in [0.3, 0.4) is 0 Å². The van der Waals surface area contributed by atoms with Crippen LogP contribution in [0.25, 0.3) is 11.4 Å². The van der Waals surface area contributed by atoms with Gasteiger partial charge in [-0.3, -0.25) is 9.59 Å². The van der Waals surface area contributed by atoms with Gasteiger partial charge in [0.1, 0.15) is 0 Å². The molecule has 1 aliphatic carbocycles. The van der Waals surface area contributed by atoms with E-state index in [0.717, 1.165) is 36.1 Å². The van der Waals surface area contributed by atoms with Crippen LogP contribution in [0.1, 0.15) is 43.0 Å². The molecule has 25 heavy (non-hydrogen) atoms. The van der Waals surface area contributed by atoms with Crippen molar-refractivity contribution in [1.29, 1.82) is 0 Å². The third-order valence-electron chi connectivity index (χ3n) is 4.33. The summed E-state index contributed by atoms with van der Waals surface area (Å²) in [5.41, 5.74) is 2.94. The summed E-state index contributed by atoms with van der Waals surface area (Å²) in [6.07, 6.45) is 4.72. The minimum absolute atomic E-state index is 0.0886. The molecule has 0 unspecified atom stereocenters. The standard InChI is InChI=1S/C19H21N3O3/c1-25-18(24)11-10-17(23)21-15-8-5-9-16-14(15)12-20-19(22-16)13-6-3-2-4-7-13/h2-4,6-7,12,15H,5,8-11H2,1H3,(H,21,23)/t15-/m0/s1. The second kappa shape index (κ2) is 7.88. The van der Waals surface area contributed by atoms with E-state index in [-0.39, 0.29) is 30.8 Å². The van der Waals surface area contributed by atoms with Crippen molar-refractivity contribution < 1.29 is 14.3 Å². The van der Waals surface area contributed by atoms with Crippen LogP contribution >= 0.6 is 0 Å². The van der Waals surface area contributed by atoms with E-state index in [0.29, 0.717) is 5.82 Å². The Morgan fingerprint density at radius 3 is 2.80 bits per heavy atom. The van der Waals surface area contributed by atoms with Crippen LogP contribution in [0.2, 0.25) is 0 Å². The second-order valence-corrected chi connectivity index (χ2v) is 6.05. The van der Waals surface area contributed by atoms with Crippen LogP contribution in [0.15, 0.2) is 36.5 Å². The highest BCUT2D eigenvalue weighted by atomic mass is 16.5. The van der Waals surface area contributed by atoms with Gasteiger partial charge in [0.05, 0.1) is 19.6 Å². The van der Waals surface area contributed by atoms with Gasteiger partial charge in [0.25, 0.3) is 0 Å². The Balaban J connectivity index is 1.72. The Morgan fingerprint density at radius 2 is 2.04 bits per heavy atom. The van der Waals surface area contributed by atoms with Crippen LogP contribution in [-0.4, -0.2) is 29.0 Å². The van der Waals surface area contributed by atoms with Gasteiger partial charge in [-0.1, -0.05) is 30.3 Å². The molecule has 2 aromatic rings. The lowest BCUT2D eigenvalue weighted by molar-refractivity contribution is -0.142. The van der Waals surface area contributed by atoms with Gasteiger partial charge in [0.2, 0.25) is 5.91 Å². The maximum absolute atomic E-state index is 12.1. The number of nitrogens with zero attached hydrogens (tertiary/aromatic N) is 2. The number of fused-ring (bicyclic) bond motifs is 1. The van der Waals surface area contributed by atoms with Crippen molar-refractivity contribution in [2.75, 3.05) is 7.11 Å². The highest BCUT2D eigenvalue weighted by Crippen LogP contribution is 2.29. The molecular formula is C19H21N3O3. The number of hydrogen-bond donors (Lipinski definition) is 1. The Hall–Kier alpha value is -2.76. The molecule has 1 atom stereocenters. The molecule has 1 aromatic carbocycles. The Kier molecular flexibility index (Phi) is 5.38. The summed E-state index contributed by atoms with van der Waals surface area (Å²) < 4.78 is 4.56. The van der Waals surface area contributed by atoms with E-state index >= 15 is 0 Å². The fourth-order valence-electron chi connectivity index (χ4n) is 3.01. The van der Waals surface area contributed by atoms with Crippen molar-refractivity contribution in [2.45, 2.75) is 38.1 Å². The zero-order valence-corrected chi connectivity index (χ0v) is 14.2. The molecule has 1 aliphatic rings. The second-order valence-electron chi connectivity index (χ2n) is 6.05. The molecule has 0 bridgehead atoms. The SMILES string of the molecule is COC(=O)CCC(=O)N[C@H]1CCCc2nc(-c3ccccc3)ncc21. The summed E-state index contributed by atoms with van der Waals surface area (Å²) in [6, 6.07) is 9.75. The molecule has 6 nitrogen and oxygen atoms in total. The van der Waals surface area contributed by atoms with E-state index in [9.17, 15) is 9.59 Å². The number of esters is 1. The lowest BCUT2D eigenvalue weighted by Crippen LogP contribution is -2.31. The molecule has 3 rings (SSSR count). The third-order valence-corrected chi connectivity index (χ3v) is 4.33. The van der Waals surface area contributed by atoms with Crippen LogP contribution < -0.4 is 5.32 Å². The van der Waals surface area contributed by atoms with E-state index in [4.69, 9.17) is 4.98 Å². The highest BCUT2D eigenvalue weighted by Gasteiger charge is 2.24. The van der Waals surface area contributed by atoms with E-state index < -0.39 is 0 Å². The summed E-state index contributed by atoms with van der Waals surface area (Å²) in [4.78, 5) is 32.4. The van der Waals surface area contributed by atoms with Crippen molar-refractivity contribution in [3.8, 4) is 11.4 Å². The third kappa shape index (κ3) is 4.21. The van der Waals surface area contributed by atoms with Crippen LogP contribution in [-0.2, 0) is 20.7 Å². The number of hydrogen-bond acceptors (Lipinski definition) is 5. The molecule has 130 valence electrons. The predicted molar refractivity (Wildman–Crippen MR) is 92.5 cm³/mol. The van der Waals surface area contributed by atoms with Crippen molar-refractivity contribution >= 4 is 11.9 Å². The summed E-state index contributed by atoms with van der Waals surface area (Å²) in [6.45, 7) is 0. The van der Waals surface area contributed by atoms with Gasteiger partial charge in [-0.2, -0.15) is 0 Å². The Morgan fingerprint density at radius 1 is 1.24 bits per heavy atom. The summed E-state index contributed by atoms with van der Waals surface area (Å²) in [5.74, 6) is 0.169. The number of carbonyl (C=O) groups is 2. The monoisotopic (exact) mass is 339 g/mol. The number of amides is 1. The lowest BCUT2D eigenvalue weighted by atomic mass is 9.92. The first kappa shape index (κ1) is 17.1. The number of carbonyl (C=O) groups excluding carboxylic acids is 2. The summed E-state index contributed by atoms with van der Waals surface area (Å²) >= 11 is 0. The minimum Gasteiger partial charge on any atom is -0.469 e. The minimum atomic E-state index is -0.380. The molecule has 6 heteroatoms. The first-order valence-electron chi connectivity index (χ1n) is 8.45. The molecule has 0 aliphatic heterocycles. The molecule has 0 saturated heterocycles. The average molecular weight is 339 g/mol. The topological polar surface area (TPSA) is 81.2 Å². The first-order valence-corrected chi connectivity index (χ1v) is 8.45. The summed E-state index contributed by atoms with van der Waals surface area (Å²) in [7, 11) is 1.32. The Labute approximate surface area is 146 Å². The van der Waals surface area contributed by atoms with E-state index in [1.54, 1.807) is 0 Å². The van der Waals surface area contributed by atoms with Crippen molar-refractivity contribution in [3.63, 3.8) is 0 Å². The van der Waals surface area contributed by atoms with Crippen LogP contribution in [0, 0.1) is 0 Å². The zero-order chi connectivity index (χ0) is 17.6. The number of aromatic nitrogens is 2. The predicted octanol–water partition coefficient (Wildman–Crippen LogP) is 2.59. The fourth-order valence-corrected chi connectivity index (χ4v) is 3.01. The van der Waals surface area contributed by atoms with Crippen molar-refractivity contribution in [1.82, 2.24) is 15.3 Å². The van der Waals surface area contributed by atoms with E-state index in [2.05, 4.69) is 15.0 Å². The molecule has 1 aromatic heterocycles. The Bertz CT molecular complexity index is 762. The van der Waals surface area contributed by atoms with Crippen molar-refractivity contribution in [3.05, 3.63) is 47.8 Å². The van der Waals surface area contributed by atoms with E-state index in [1.165, 1.54) is 7.11 Å². The largest absolute Gasteiger partial charge is 0.469 e. The van der Waals surface area contributed by atoms with Gasteiger partial charge < -0.3 is 10.1 Å². The number of ether oxygens (including phenoxy) is 1. The quantitative estimate of drug-likeness (QED) is 0.847. The van der Waals surface area contributed by atoms with Crippen molar-refractivity contribution in [2.24, 2.45) is 0 Å². The smallest absolute Gasteiger partial charge is 0.306 e. The molecule has 0 radical (unpaired) electrons. The van der Waals surface area contributed by atoms with Gasteiger partial charge >= 0.3 is 5.97 Å². The lowest BCUT2D eigenvalue weighted by Gasteiger charge is -2.25. The summed E-state index contributed by atoms with van der Waals surface area (Å²) in [5, 5.41) is 2.99. The highest BCUT2D eigenvalue weighted by molar-refractivity contribution is 5.81. The molecular weight excluding hydrogens is 318 g/mol. The molecule has 1 amide bonds. The van der Waals surface area contributed by atoms with Gasteiger partial charge in [0, 0.05) is 29.4 Å².